The van der Waals surface area contributed by atoms with Gasteiger partial charge in [0, 0.05) is 23.5 Å². The first-order valence-electron chi connectivity index (χ1n) is 5.83. The molecule has 19 heavy (non-hydrogen) atoms. The van der Waals surface area contributed by atoms with E-state index in [9.17, 15) is 0 Å². The van der Waals surface area contributed by atoms with Crippen LogP contribution in [0.2, 0.25) is 5.15 Å². The summed E-state index contributed by atoms with van der Waals surface area (Å²) in [6.45, 7) is 0. The van der Waals surface area contributed by atoms with Gasteiger partial charge in [-0.15, -0.1) is 0 Å². The van der Waals surface area contributed by atoms with Crippen LogP contribution in [-0.2, 0) is 0 Å². The first-order chi connectivity index (χ1) is 9.33. The van der Waals surface area contributed by atoms with E-state index in [2.05, 4.69) is 15.0 Å². The Kier molecular flexibility index (Phi) is 3.21. The van der Waals surface area contributed by atoms with Crippen LogP contribution < -0.4 is 0 Å². The normalized spacial score (nSPS) is 10.4. The highest BCUT2D eigenvalue weighted by Crippen LogP contribution is 2.21. The molecule has 0 amide bonds. The monoisotopic (exact) mass is 267 g/mol. The maximum absolute atomic E-state index is 5.90. The van der Waals surface area contributed by atoms with Crippen LogP contribution in [0, 0.1) is 0 Å². The molecule has 2 heterocycles. The predicted molar refractivity (Wildman–Crippen MR) is 75.7 cm³/mol. The molecule has 0 bridgehead atoms. The summed E-state index contributed by atoms with van der Waals surface area (Å²) in [5.41, 5.74) is 2.75. The molecule has 0 spiro atoms. The third-order valence-corrected chi connectivity index (χ3v) is 2.92. The fourth-order valence-corrected chi connectivity index (χ4v) is 1.98. The second kappa shape index (κ2) is 5.16. The molecule has 0 unspecified atom stereocenters. The number of halogens is 1. The van der Waals surface area contributed by atoms with Crippen LogP contribution in [0.5, 0.6) is 0 Å². The van der Waals surface area contributed by atoms with E-state index in [1.165, 1.54) is 0 Å². The Morgan fingerprint density at radius 2 is 1.58 bits per heavy atom. The zero-order chi connectivity index (χ0) is 13.1. The Balaban J connectivity index is 2.06. The average molecular weight is 268 g/mol. The summed E-state index contributed by atoms with van der Waals surface area (Å²) < 4.78 is 0. The molecule has 0 N–H and O–H groups in total. The van der Waals surface area contributed by atoms with Crippen molar-refractivity contribution in [2.24, 2.45) is 0 Å². The highest BCUT2D eigenvalue weighted by atomic mass is 35.5. The topological polar surface area (TPSA) is 38.7 Å². The van der Waals surface area contributed by atoms with Crippen LogP contribution in [-0.4, -0.2) is 15.0 Å². The minimum Gasteiger partial charge on any atom is -0.245 e. The molecule has 2 aromatic heterocycles. The SMILES string of the molecule is Clc1cc(-c2ccnc(-c3ccccc3)n2)ccn1. The Hall–Kier alpha value is -2.26. The van der Waals surface area contributed by atoms with E-state index in [1.54, 1.807) is 18.5 Å². The largest absolute Gasteiger partial charge is 0.245 e. The van der Waals surface area contributed by atoms with Crippen molar-refractivity contribution in [1.82, 2.24) is 15.0 Å². The Labute approximate surface area is 116 Å². The molecular formula is C15H10ClN3. The summed E-state index contributed by atoms with van der Waals surface area (Å²) in [5, 5.41) is 0.456. The standard InChI is InChI=1S/C15H10ClN3/c16-14-10-12(6-8-17-14)13-7-9-18-15(19-13)11-4-2-1-3-5-11/h1-10H. The molecule has 0 aliphatic heterocycles. The van der Waals surface area contributed by atoms with Crippen LogP contribution in [0.4, 0.5) is 0 Å². The van der Waals surface area contributed by atoms with Crippen molar-refractivity contribution < 1.29 is 0 Å². The first kappa shape index (κ1) is 11.8. The van der Waals surface area contributed by atoms with Crippen LogP contribution in [0.15, 0.2) is 60.9 Å². The molecule has 92 valence electrons. The van der Waals surface area contributed by atoms with Crippen LogP contribution in [0.1, 0.15) is 0 Å². The number of hydrogen-bond acceptors (Lipinski definition) is 3. The Morgan fingerprint density at radius 3 is 2.37 bits per heavy atom. The number of nitrogens with zero attached hydrogens (tertiary/aromatic N) is 3. The lowest BCUT2D eigenvalue weighted by molar-refractivity contribution is 1.18. The van der Waals surface area contributed by atoms with Gasteiger partial charge in [-0.05, 0) is 18.2 Å². The highest BCUT2D eigenvalue weighted by molar-refractivity contribution is 6.29. The Morgan fingerprint density at radius 1 is 0.789 bits per heavy atom. The number of rotatable bonds is 2. The third-order valence-electron chi connectivity index (χ3n) is 2.71. The van der Waals surface area contributed by atoms with Gasteiger partial charge >= 0.3 is 0 Å². The summed E-state index contributed by atoms with van der Waals surface area (Å²) in [6.07, 6.45) is 3.42. The zero-order valence-corrected chi connectivity index (χ0v) is 10.7. The summed E-state index contributed by atoms with van der Waals surface area (Å²) in [7, 11) is 0. The molecule has 3 aromatic rings. The van der Waals surface area contributed by atoms with Crippen LogP contribution in [0.25, 0.3) is 22.6 Å². The van der Waals surface area contributed by atoms with Crippen molar-refractivity contribution in [3.8, 4) is 22.6 Å². The average Bonchev–Trinajstić information content (AvgIpc) is 2.48. The summed E-state index contributed by atoms with van der Waals surface area (Å²) in [6, 6.07) is 15.4. The molecule has 0 aliphatic carbocycles. The van der Waals surface area contributed by atoms with Crippen molar-refractivity contribution >= 4 is 11.6 Å². The molecule has 3 nitrogen and oxygen atoms in total. The molecule has 0 saturated carbocycles. The van der Waals surface area contributed by atoms with Crippen LogP contribution >= 0.6 is 11.6 Å². The zero-order valence-electron chi connectivity index (χ0n) is 9.99. The first-order valence-corrected chi connectivity index (χ1v) is 6.21. The molecule has 1 aromatic carbocycles. The maximum Gasteiger partial charge on any atom is 0.159 e. The van der Waals surface area contributed by atoms with Crippen molar-refractivity contribution in [3.63, 3.8) is 0 Å². The van der Waals surface area contributed by atoms with Gasteiger partial charge in [0.25, 0.3) is 0 Å². The molecule has 0 fully saturated rings. The minimum atomic E-state index is 0.456. The summed E-state index contributed by atoms with van der Waals surface area (Å²) in [4.78, 5) is 12.8. The lowest BCUT2D eigenvalue weighted by atomic mass is 10.1. The van der Waals surface area contributed by atoms with E-state index in [0.717, 1.165) is 16.8 Å². The van der Waals surface area contributed by atoms with E-state index in [4.69, 9.17) is 11.6 Å². The fourth-order valence-electron chi connectivity index (χ4n) is 1.81. The van der Waals surface area contributed by atoms with Gasteiger partial charge in [-0.1, -0.05) is 41.9 Å². The van der Waals surface area contributed by atoms with Gasteiger partial charge in [0.2, 0.25) is 0 Å². The minimum absolute atomic E-state index is 0.456. The number of benzene rings is 1. The van der Waals surface area contributed by atoms with E-state index < -0.39 is 0 Å². The van der Waals surface area contributed by atoms with Gasteiger partial charge in [0.15, 0.2) is 5.82 Å². The molecular weight excluding hydrogens is 258 g/mol. The van der Waals surface area contributed by atoms with Crippen LogP contribution in [0.3, 0.4) is 0 Å². The fraction of sp³-hybridized carbons (Fsp3) is 0. The molecule has 0 aliphatic rings. The molecule has 0 atom stereocenters. The lowest BCUT2D eigenvalue weighted by Crippen LogP contribution is -1.91. The van der Waals surface area contributed by atoms with E-state index in [-0.39, 0.29) is 0 Å². The quantitative estimate of drug-likeness (QED) is 0.662. The van der Waals surface area contributed by atoms with Gasteiger partial charge in [0.1, 0.15) is 5.15 Å². The lowest BCUT2D eigenvalue weighted by Gasteiger charge is -2.04. The Bertz CT molecular complexity index is 699. The summed E-state index contributed by atoms with van der Waals surface area (Å²) >= 11 is 5.90. The third kappa shape index (κ3) is 2.61. The van der Waals surface area contributed by atoms with Gasteiger partial charge < -0.3 is 0 Å². The van der Waals surface area contributed by atoms with Crippen molar-refractivity contribution in [2.45, 2.75) is 0 Å². The number of aromatic nitrogens is 3. The molecule has 4 heteroatoms. The van der Waals surface area contributed by atoms with Gasteiger partial charge in [-0.3, -0.25) is 0 Å². The summed E-state index contributed by atoms with van der Waals surface area (Å²) in [5.74, 6) is 0.700. The highest BCUT2D eigenvalue weighted by Gasteiger charge is 2.04. The second-order valence-corrected chi connectivity index (χ2v) is 4.39. The van der Waals surface area contributed by atoms with E-state index in [1.807, 2.05) is 42.5 Å². The predicted octanol–water partition coefficient (Wildman–Crippen LogP) is 3.86. The van der Waals surface area contributed by atoms with Crippen molar-refractivity contribution in [1.29, 1.82) is 0 Å². The molecule has 0 saturated heterocycles. The van der Waals surface area contributed by atoms with Gasteiger partial charge in [-0.2, -0.15) is 0 Å². The van der Waals surface area contributed by atoms with E-state index in [0.29, 0.717) is 11.0 Å². The van der Waals surface area contributed by atoms with Gasteiger partial charge in [-0.25, -0.2) is 15.0 Å². The van der Waals surface area contributed by atoms with E-state index >= 15 is 0 Å². The smallest absolute Gasteiger partial charge is 0.159 e. The second-order valence-electron chi connectivity index (χ2n) is 4.00. The van der Waals surface area contributed by atoms with Crippen molar-refractivity contribution in [3.05, 3.63) is 66.1 Å². The molecule has 0 radical (unpaired) electrons. The number of pyridine rings is 1. The molecule has 3 rings (SSSR count). The van der Waals surface area contributed by atoms with Crippen molar-refractivity contribution in [2.75, 3.05) is 0 Å². The number of hydrogen-bond donors (Lipinski definition) is 0. The maximum atomic E-state index is 5.90. The van der Waals surface area contributed by atoms with Gasteiger partial charge in [0.05, 0.1) is 5.69 Å².